The third kappa shape index (κ3) is 1.86. The van der Waals surface area contributed by atoms with Gasteiger partial charge in [0.2, 0.25) is 5.75 Å². The smallest absolute Gasteiger partial charge is 0.315 e. The highest BCUT2D eigenvalue weighted by Crippen LogP contribution is 2.34. The number of aromatic nitrogens is 1. The second kappa shape index (κ2) is 3.53. The highest BCUT2D eigenvalue weighted by atomic mass is 16.6. The van der Waals surface area contributed by atoms with Crippen LogP contribution in [-0.4, -0.2) is 16.0 Å². The van der Waals surface area contributed by atoms with E-state index in [0.29, 0.717) is 0 Å². The number of nitrogens with zero attached hydrogens (tertiary/aromatic N) is 3. The molecular formula is C9H7N3O3. The number of hydrogen-bond acceptors (Lipinski definition) is 5. The standard InChI is InChI=1S/C9H7N3O3/c10-5-7-9(15-6-1-2-6)8(12(13)14)3-4-11-7/h3-4,6H,1-2H2. The van der Waals surface area contributed by atoms with Gasteiger partial charge in [0.05, 0.1) is 11.0 Å². The van der Waals surface area contributed by atoms with Crippen LogP contribution in [0.4, 0.5) is 5.69 Å². The first kappa shape index (κ1) is 9.40. The first-order valence-corrected chi connectivity index (χ1v) is 4.42. The van der Waals surface area contributed by atoms with Crippen molar-refractivity contribution in [1.29, 1.82) is 5.26 Å². The highest BCUT2D eigenvalue weighted by Gasteiger charge is 2.29. The molecule has 76 valence electrons. The lowest BCUT2D eigenvalue weighted by atomic mass is 10.3. The maximum atomic E-state index is 10.7. The van der Waals surface area contributed by atoms with Crippen LogP contribution in [0, 0.1) is 21.4 Å². The van der Waals surface area contributed by atoms with Crippen molar-refractivity contribution in [3.8, 4) is 11.8 Å². The molecule has 1 aromatic rings. The molecule has 0 amide bonds. The van der Waals surface area contributed by atoms with Gasteiger partial charge in [-0.25, -0.2) is 4.98 Å². The van der Waals surface area contributed by atoms with E-state index >= 15 is 0 Å². The van der Waals surface area contributed by atoms with Crippen LogP contribution in [0.2, 0.25) is 0 Å². The topological polar surface area (TPSA) is 89.0 Å². The summed E-state index contributed by atoms with van der Waals surface area (Å²) >= 11 is 0. The Kier molecular flexibility index (Phi) is 2.21. The van der Waals surface area contributed by atoms with Gasteiger partial charge in [0.25, 0.3) is 0 Å². The minimum atomic E-state index is -0.569. The van der Waals surface area contributed by atoms with Gasteiger partial charge < -0.3 is 4.74 Å². The molecule has 2 rings (SSSR count). The molecule has 1 fully saturated rings. The number of ether oxygens (including phenoxy) is 1. The summed E-state index contributed by atoms with van der Waals surface area (Å²) in [7, 11) is 0. The molecule has 0 radical (unpaired) electrons. The second-order valence-corrected chi connectivity index (χ2v) is 3.19. The molecule has 1 saturated carbocycles. The molecule has 1 aromatic heterocycles. The SMILES string of the molecule is N#Cc1nccc([N+](=O)[O-])c1OC1CC1. The first-order chi connectivity index (χ1) is 7.22. The molecule has 6 heteroatoms. The van der Waals surface area contributed by atoms with E-state index in [2.05, 4.69) is 4.98 Å². The van der Waals surface area contributed by atoms with Crippen molar-refractivity contribution < 1.29 is 9.66 Å². The maximum absolute atomic E-state index is 10.7. The first-order valence-electron chi connectivity index (χ1n) is 4.42. The molecule has 15 heavy (non-hydrogen) atoms. The van der Waals surface area contributed by atoms with Crippen molar-refractivity contribution in [3.05, 3.63) is 28.1 Å². The van der Waals surface area contributed by atoms with Crippen LogP contribution in [-0.2, 0) is 0 Å². The lowest BCUT2D eigenvalue weighted by molar-refractivity contribution is -0.386. The van der Waals surface area contributed by atoms with Crippen molar-refractivity contribution >= 4 is 5.69 Å². The number of hydrogen-bond donors (Lipinski definition) is 0. The predicted octanol–water partition coefficient (Wildman–Crippen LogP) is 1.40. The van der Waals surface area contributed by atoms with Crippen molar-refractivity contribution in [1.82, 2.24) is 4.98 Å². The van der Waals surface area contributed by atoms with Crippen molar-refractivity contribution in [3.63, 3.8) is 0 Å². The maximum Gasteiger partial charge on any atom is 0.315 e. The Morgan fingerprint density at radius 2 is 2.40 bits per heavy atom. The molecule has 1 heterocycles. The number of nitro groups is 1. The summed E-state index contributed by atoms with van der Waals surface area (Å²) in [6, 6.07) is 3.02. The van der Waals surface area contributed by atoms with Gasteiger partial charge in [-0.2, -0.15) is 5.26 Å². The third-order valence-electron chi connectivity index (χ3n) is 2.00. The minimum Gasteiger partial charge on any atom is -0.481 e. The van der Waals surface area contributed by atoms with E-state index < -0.39 is 4.92 Å². The van der Waals surface area contributed by atoms with E-state index in [0.717, 1.165) is 12.8 Å². The summed E-state index contributed by atoms with van der Waals surface area (Å²) in [4.78, 5) is 13.8. The molecule has 0 unspecified atom stereocenters. The quantitative estimate of drug-likeness (QED) is 0.549. The van der Waals surface area contributed by atoms with Gasteiger partial charge >= 0.3 is 5.69 Å². The molecule has 1 aliphatic rings. The summed E-state index contributed by atoms with van der Waals surface area (Å²) in [5.74, 6) is -0.00694. The Hall–Kier alpha value is -2.16. The lowest BCUT2D eigenvalue weighted by Gasteiger charge is -2.05. The fraction of sp³-hybridized carbons (Fsp3) is 0.333. The summed E-state index contributed by atoms with van der Waals surface area (Å²) in [5, 5.41) is 19.4. The Morgan fingerprint density at radius 3 is 2.93 bits per heavy atom. The van der Waals surface area contributed by atoms with E-state index in [-0.39, 0.29) is 23.2 Å². The van der Waals surface area contributed by atoms with E-state index in [1.165, 1.54) is 12.3 Å². The monoisotopic (exact) mass is 205 g/mol. The molecule has 0 N–H and O–H groups in total. The Morgan fingerprint density at radius 1 is 1.67 bits per heavy atom. The molecule has 0 spiro atoms. The van der Waals surface area contributed by atoms with E-state index in [4.69, 9.17) is 10.00 Å². The van der Waals surface area contributed by atoms with Crippen molar-refractivity contribution in [2.24, 2.45) is 0 Å². The van der Waals surface area contributed by atoms with Gasteiger partial charge in [-0.15, -0.1) is 0 Å². The summed E-state index contributed by atoms with van der Waals surface area (Å²) in [5.41, 5.74) is -0.232. The normalized spacial score (nSPS) is 14.3. The van der Waals surface area contributed by atoms with Crippen LogP contribution in [0.3, 0.4) is 0 Å². The van der Waals surface area contributed by atoms with Crippen LogP contribution in [0.25, 0.3) is 0 Å². The van der Waals surface area contributed by atoms with Crippen LogP contribution in [0.15, 0.2) is 12.3 Å². The van der Waals surface area contributed by atoms with Gasteiger partial charge in [-0.3, -0.25) is 10.1 Å². The van der Waals surface area contributed by atoms with Crippen molar-refractivity contribution in [2.45, 2.75) is 18.9 Å². The van der Waals surface area contributed by atoms with Gasteiger partial charge in [-0.05, 0) is 12.8 Å². The fourth-order valence-electron chi connectivity index (χ4n) is 1.13. The summed E-state index contributed by atoms with van der Waals surface area (Å²) in [6.07, 6.45) is 2.98. The number of pyridine rings is 1. The Labute approximate surface area is 85.3 Å². The van der Waals surface area contributed by atoms with Crippen LogP contribution < -0.4 is 4.74 Å². The van der Waals surface area contributed by atoms with E-state index in [9.17, 15) is 10.1 Å². The Bertz CT molecular complexity index is 448. The van der Waals surface area contributed by atoms with Gasteiger partial charge in [-0.1, -0.05) is 0 Å². The zero-order valence-electron chi connectivity index (χ0n) is 7.71. The van der Waals surface area contributed by atoms with E-state index in [1.807, 2.05) is 0 Å². The zero-order chi connectivity index (χ0) is 10.8. The van der Waals surface area contributed by atoms with Crippen LogP contribution in [0.5, 0.6) is 5.75 Å². The number of nitriles is 1. The molecule has 1 aliphatic carbocycles. The molecule has 0 aromatic carbocycles. The zero-order valence-corrected chi connectivity index (χ0v) is 7.71. The lowest BCUT2D eigenvalue weighted by Crippen LogP contribution is -2.03. The molecular weight excluding hydrogens is 198 g/mol. The highest BCUT2D eigenvalue weighted by molar-refractivity contribution is 5.53. The van der Waals surface area contributed by atoms with E-state index in [1.54, 1.807) is 6.07 Å². The van der Waals surface area contributed by atoms with Gasteiger partial charge in [0.1, 0.15) is 6.07 Å². The largest absolute Gasteiger partial charge is 0.481 e. The van der Waals surface area contributed by atoms with Crippen LogP contribution in [0.1, 0.15) is 18.5 Å². The third-order valence-corrected chi connectivity index (χ3v) is 2.00. The average molecular weight is 205 g/mol. The van der Waals surface area contributed by atoms with Gasteiger partial charge in [0, 0.05) is 12.3 Å². The van der Waals surface area contributed by atoms with Crippen LogP contribution >= 0.6 is 0 Å². The summed E-state index contributed by atoms with van der Waals surface area (Å²) < 4.78 is 5.31. The summed E-state index contributed by atoms with van der Waals surface area (Å²) in [6.45, 7) is 0. The molecule has 0 aliphatic heterocycles. The molecule has 0 bridgehead atoms. The predicted molar refractivity (Wildman–Crippen MR) is 49.3 cm³/mol. The molecule has 0 saturated heterocycles. The van der Waals surface area contributed by atoms with Crippen molar-refractivity contribution in [2.75, 3.05) is 0 Å². The average Bonchev–Trinajstić information content (AvgIpc) is 3.01. The molecule has 6 nitrogen and oxygen atoms in total. The second-order valence-electron chi connectivity index (χ2n) is 3.19. The fourth-order valence-corrected chi connectivity index (χ4v) is 1.13. The minimum absolute atomic E-state index is 0.000000000000000444. The van der Waals surface area contributed by atoms with Gasteiger partial charge in [0.15, 0.2) is 5.69 Å². The number of rotatable bonds is 3. The molecule has 0 atom stereocenters. The Balaban J connectivity index is 2.44.